The van der Waals surface area contributed by atoms with E-state index >= 15 is 0 Å². The molecule has 1 saturated heterocycles. The minimum absolute atomic E-state index is 0.779. The average Bonchev–Trinajstić information content (AvgIpc) is 2.63. The van der Waals surface area contributed by atoms with Crippen LogP contribution >= 0.6 is 0 Å². The molecule has 84 valence electrons. The molecule has 0 spiro atoms. The van der Waals surface area contributed by atoms with Gasteiger partial charge in [0, 0.05) is 18.8 Å². The van der Waals surface area contributed by atoms with Crippen molar-refractivity contribution in [2.45, 2.75) is 45.2 Å². The summed E-state index contributed by atoms with van der Waals surface area (Å²) in [6.45, 7) is 4.42. The molecule has 1 fully saturated rings. The van der Waals surface area contributed by atoms with E-state index < -0.39 is 0 Å². The van der Waals surface area contributed by atoms with Crippen LogP contribution in [-0.4, -0.2) is 34.1 Å². The summed E-state index contributed by atoms with van der Waals surface area (Å²) in [7, 11) is 2.25. The van der Waals surface area contributed by atoms with E-state index in [1.165, 1.54) is 32.2 Å². The third kappa shape index (κ3) is 2.81. The van der Waals surface area contributed by atoms with Crippen molar-refractivity contribution in [3.63, 3.8) is 0 Å². The molecule has 0 aliphatic carbocycles. The predicted octanol–water partition coefficient (Wildman–Crippen LogP) is 2.07. The molecule has 2 heterocycles. The fourth-order valence-corrected chi connectivity index (χ4v) is 2.40. The van der Waals surface area contributed by atoms with Crippen LogP contribution in [0.3, 0.4) is 0 Å². The Morgan fingerprint density at radius 2 is 2.33 bits per heavy atom. The van der Waals surface area contributed by atoms with E-state index in [0.717, 1.165) is 18.3 Å². The summed E-state index contributed by atoms with van der Waals surface area (Å²) >= 11 is 0. The second-order valence-electron chi connectivity index (χ2n) is 4.67. The number of imidazole rings is 1. The highest BCUT2D eigenvalue weighted by Crippen LogP contribution is 2.18. The maximum absolute atomic E-state index is 4.25. The summed E-state index contributed by atoms with van der Waals surface area (Å²) in [6.07, 6.45) is 9.46. The lowest BCUT2D eigenvalue weighted by Crippen LogP contribution is -2.36. The number of hydrogen-bond acceptors (Lipinski definition) is 2. The molecule has 0 bridgehead atoms. The Labute approximate surface area is 92.1 Å². The van der Waals surface area contributed by atoms with E-state index in [1.807, 2.05) is 13.3 Å². The Kier molecular flexibility index (Phi) is 3.41. The highest BCUT2D eigenvalue weighted by Gasteiger charge is 2.18. The monoisotopic (exact) mass is 207 g/mol. The van der Waals surface area contributed by atoms with Crippen molar-refractivity contribution in [2.24, 2.45) is 0 Å². The van der Waals surface area contributed by atoms with E-state index in [4.69, 9.17) is 0 Å². The second-order valence-corrected chi connectivity index (χ2v) is 4.67. The summed E-state index contributed by atoms with van der Waals surface area (Å²) in [5.41, 5.74) is 1.12. The number of piperidine rings is 1. The molecule has 1 atom stereocenters. The van der Waals surface area contributed by atoms with Crippen LogP contribution < -0.4 is 0 Å². The van der Waals surface area contributed by atoms with Gasteiger partial charge in [0.15, 0.2) is 0 Å². The smallest absolute Gasteiger partial charge is 0.0949 e. The van der Waals surface area contributed by atoms with Crippen molar-refractivity contribution in [2.75, 3.05) is 13.6 Å². The van der Waals surface area contributed by atoms with Gasteiger partial charge in [-0.15, -0.1) is 0 Å². The quantitative estimate of drug-likeness (QED) is 0.756. The van der Waals surface area contributed by atoms with Gasteiger partial charge in [0.1, 0.15) is 0 Å². The maximum Gasteiger partial charge on any atom is 0.0949 e. The van der Waals surface area contributed by atoms with Crippen LogP contribution in [0.15, 0.2) is 12.5 Å². The zero-order chi connectivity index (χ0) is 10.7. The zero-order valence-electron chi connectivity index (χ0n) is 9.82. The first-order valence-electron chi connectivity index (χ1n) is 5.94. The van der Waals surface area contributed by atoms with E-state index in [0.29, 0.717) is 0 Å². The molecule has 1 aliphatic rings. The first-order valence-corrected chi connectivity index (χ1v) is 5.94. The largest absolute Gasteiger partial charge is 0.337 e. The molecular weight excluding hydrogens is 186 g/mol. The van der Waals surface area contributed by atoms with Gasteiger partial charge in [0.25, 0.3) is 0 Å². The van der Waals surface area contributed by atoms with Crippen molar-refractivity contribution in [1.29, 1.82) is 0 Å². The highest BCUT2D eigenvalue weighted by atomic mass is 15.1. The van der Waals surface area contributed by atoms with Gasteiger partial charge in [0.2, 0.25) is 0 Å². The highest BCUT2D eigenvalue weighted by molar-refractivity contribution is 4.92. The van der Waals surface area contributed by atoms with E-state index in [1.54, 1.807) is 0 Å². The summed E-state index contributed by atoms with van der Waals surface area (Å²) in [6, 6.07) is 0.779. The maximum atomic E-state index is 4.25. The number of hydrogen-bond donors (Lipinski definition) is 0. The van der Waals surface area contributed by atoms with Crippen molar-refractivity contribution in [3.05, 3.63) is 18.2 Å². The van der Waals surface area contributed by atoms with Crippen LogP contribution in [0.25, 0.3) is 0 Å². The molecule has 2 rings (SSSR count). The number of rotatable bonds is 3. The molecule has 15 heavy (non-hydrogen) atoms. The molecule has 1 aromatic heterocycles. The summed E-state index contributed by atoms with van der Waals surface area (Å²) in [4.78, 5) is 6.76. The molecule has 0 saturated carbocycles. The van der Waals surface area contributed by atoms with Crippen LogP contribution in [-0.2, 0) is 6.54 Å². The van der Waals surface area contributed by atoms with Gasteiger partial charge in [-0.1, -0.05) is 6.42 Å². The SMILES string of the molecule is Cc1cn(CCC2CCCCN2C)cn1. The van der Waals surface area contributed by atoms with Gasteiger partial charge in [-0.25, -0.2) is 4.98 Å². The number of aryl methyl sites for hydroxylation is 2. The lowest BCUT2D eigenvalue weighted by atomic mass is 10.0. The van der Waals surface area contributed by atoms with Gasteiger partial charge in [-0.3, -0.25) is 0 Å². The van der Waals surface area contributed by atoms with Crippen LogP contribution in [0.2, 0.25) is 0 Å². The third-order valence-electron chi connectivity index (χ3n) is 3.40. The van der Waals surface area contributed by atoms with Crippen LogP contribution in [0, 0.1) is 6.92 Å². The van der Waals surface area contributed by atoms with E-state index in [-0.39, 0.29) is 0 Å². The van der Waals surface area contributed by atoms with Crippen molar-refractivity contribution >= 4 is 0 Å². The number of aromatic nitrogens is 2. The van der Waals surface area contributed by atoms with Gasteiger partial charge in [-0.05, 0) is 39.8 Å². The molecule has 3 nitrogen and oxygen atoms in total. The Balaban J connectivity index is 1.81. The van der Waals surface area contributed by atoms with Gasteiger partial charge >= 0.3 is 0 Å². The molecule has 0 aromatic carbocycles. The van der Waals surface area contributed by atoms with E-state index in [2.05, 4.69) is 27.7 Å². The lowest BCUT2D eigenvalue weighted by molar-refractivity contribution is 0.171. The summed E-state index contributed by atoms with van der Waals surface area (Å²) < 4.78 is 2.21. The summed E-state index contributed by atoms with van der Waals surface area (Å²) in [5.74, 6) is 0. The van der Waals surface area contributed by atoms with Crippen molar-refractivity contribution in [3.8, 4) is 0 Å². The van der Waals surface area contributed by atoms with Crippen molar-refractivity contribution in [1.82, 2.24) is 14.5 Å². The fourth-order valence-electron chi connectivity index (χ4n) is 2.40. The Morgan fingerprint density at radius 3 is 3.00 bits per heavy atom. The molecular formula is C12H21N3. The lowest BCUT2D eigenvalue weighted by Gasteiger charge is -2.32. The minimum Gasteiger partial charge on any atom is -0.337 e. The third-order valence-corrected chi connectivity index (χ3v) is 3.40. The van der Waals surface area contributed by atoms with Crippen LogP contribution in [0.1, 0.15) is 31.4 Å². The summed E-state index contributed by atoms with van der Waals surface area (Å²) in [5, 5.41) is 0. The number of nitrogens with zero attached hydrogens (tertiary/aromatic N) is 3. The standard InChI is InChI=1S/C12H21N3/c1-11-9-15(10-13-11)8-6-12-5-3-4-7-14(12)2/h9-10,12H,3-8H2,1-2H3. The molecule has 1 unspecified atom stereocenters. The predicted molar refractivity (Wildman–Crippen MR) is 61.9 cm³/mol. The van der Waals surface area contributed by atoms with Gasteiger partial charge in [-0.2, -0.15) is 0 Å². The normalized spacial score (nSPS) is 23.2. The van der Waals surface area contributed by atoms with Crippen molar-refractivity contribution < 1.29 is 0 Å². The Bertz CT molecular complexity index is 306. The first-order chi connectivity index (χ1) is 7.25. The Morgan fingerprint density at radius 1 is 1.47 bits per heavy atom. The van der Waals surface area contributed by atoms with E-state index in [9.17, 15) is 0 Å². The molecule has 0 radical (unpaired) electrons. The van der Waals surface area contributed by atoms with Crippen LogP contribution in [0.4, 0.5) is 0 Å². The topological polar surface area (TPSA) is 21.1 Å². The molecule has 3 heteroatoms. The molecule has 1 aliphatic heterocycles. The molecule has 0 amide bonds. The first kappa shape index (κ1) is 10.7. The zero-order valence-corrected chi connectivity index (χ0v) is 9.82. The average molecular weight is 207 g/mol. The Hall–Kier alpha value is -0.830. The van der Waals surface area contributed by atoms with Gasteiger partial charge in [0.05, 0.1) is 12.0 Å². The fraction of sp³-hybridized carbons (Fsp3) is 0.750. The van der Waals surface area contributed by atoms with Gasteiger partial charge < -0.3 is 9.47 Å². The minimum atomic E-state index is 0.779. The van der Waals surface area contributed by atoms with Crippen LogP contribution in [0.5, 0.6) is 0 Å². The second kappa shape index (κ2) is 4.79. The molecule has 0 N–H and O–H groups in total. The number of likely N-dealkylation sites (tertiary alicyclic amines) is 1. The molecule has 1 aromatic rings.